The summed E-state index contributed by atoms with van der Waals surface area (Å²) < 4.78 is 14.9. The number of hydrogen-bond acceptors (Lipinski definition) is 3. The van der Waals surface area contributed by atoms with E-state index in [2.05, 4.69) is 10.3 Å². The van der Waals surface area contributed by atoms with E-state index in [4.69, 9.17) is 5.11 Å². The average molecular weight is 249 g/mol. The molecule has 5 nitrogen and oxygen atoms in total. The van der Waals surface area contributed by atoms with Gasteiger partial charge in [0.25, 0.3) is 0 Å². The van der Waals surface area contributed by atoms with E-state index in [-0.39, 0.29) is 12.2 Å². The van der Waals surface area contributed by atoms with Crippen molar-refractivity contribution < 1.29 is 14.3 Å². The Bertz CT molecular complexity index is 607. The summed E-state index contributed by atoms with van der Waals surface area (Å²) in [7, 11) is 0. The van der Waals surface area contributed by atoms with Crippen molar-refractivity contribution in [3.8, 4) is 5.69 Å². The molecular formula is C12H12FN3O2. The van der Waals surface area contributed by atoms with Crippen LogP contribution < -0.4 is 0 Å². The van der Waals surface area contributed by atoms with Gasteiger partial charge in [-0.2, -0.15) is 0 Å². The largest absolute Gasteiger partial charge is 0.481 e. The fraction of sp³-hybridized carbons (Fsp3) is 0.250. The summed E-state index contributed by atoms with van der Waals surface area (Å²) in [4.78, 5) is 10.7. The third-order valence-corrected chi connectivity index (χ3v) is 2.78. The molecule has 2 aromatic rings. The molecule has 1 heterocycles. The van der Waals surface area contributed by atoms with Crippen LogP contribution in [-0.4, -0.2) is 26.1 Å². The molecule has 0 atom stereocenters. The highest BCUT2D eigenvalue weighted by Crippen LogP contribution is 2.18. The number of benzene rings is 1. The molecule has 1 aromatic heterocycles. The Morgan fingerprint density at radius 1 is 1.44 bits per heavy atom. The summed E-state index contributed by atoms with van der Waals surface area (Å²) in [5, 5.41) is 16.4. The molecule has 0 radical (unpaired) electrons. The number of carbonyl (C=O) groups is 1. The van der Waals surface area contributed by atoms with Crippen LogP contribution in [0.15, 0.2) is 18.2 Å². The number of hydrogen-bond donors (Lipinski definition) is 1. The molecule has 0 bridgehead atoms. The van der Waals surface area contributed by atoms with E-state index in [9.17, 15) is 9.18 Å². The third kappa shape index (κ3) is 2.09. The molecule has 0 saturated heterocycles. The minimum atomic E-state index is -0.971. The lowest BCUT2D eigenvalue weighted by molar-refractivity contribution is -0.136. The van der Waals surface area contributed by atoms with Crippen LogP contribution in [0.3, 0.4) is 0 Å². The minimum absolute atomic E-state index is 0.194. The van der Waals surface area contributed by atoms with Crippen LogP contribution in [0, 0.1) is 19.7 Å². The molecule has 0 saturated carbocycles. The Morgan fingerprint density at radius 3 is 2.83 bits per heavy atom. The van der Waals surface area contributed by atoms with E-state index < -0.39 is 5.97 Å². The molecule has 1 N–H and O–H groups in total. The number of halogens is 1. The van der Waals surface area contributed by atoms with Gasteiger partial charge in [-0.05, 0) is 26.0 Å². The molecule has 6 heteroatoms. The van der Waals surface area contributed by atoms with Crippen molar-refractivity contribution in [1.29, 1.82) is 0 Å². The van der Waals surface area contributed by atoms with Crippen LogP contribution in [0.5, 0.6) is 0 Å². The first kappa shape index (κ1) is 12.2. The van der Waals surface area contributed by atoms with Gasteiger partial charge < -0.3 is 5.11 Å². The number of nitrogens with zero attached hydrogens (tertiary/aromatic N) is 3. The van der Waals surface area contributed by atoms with E-state index in [1.54, 1.807) is 26.0 Å². The molecule has 0 fully saturated rings. The van der Waals surface area contributed by atoms with Crippen molar-refractivity contribution >= 4 is 5.97 Å². The van der Waals surface area contributed by atoms with Gasteiger partial charge in [0, 0.05) is 5.56 Å². The molecule has 0 spiro atoms. The fourth-order valence-corrected chi connectivity index (χ4v) is 1.72. The monoisotopic (exact) mass is 249 g/mol. The van der Waals surface area contributed by atoms with E-state index in [0.29, 0.717) is 22.6 Å². The first-order valence-corrected chi connectivity index (χ1v) is 5.39. The van der Waals surface area contributed by atoms with Crippen molar-refractivity contribution in [2.75, 3.05) is 0 Å². The SMILES string of the molecule is Cc1c(F)cccc1-n1nnc(CC(=O)O)c1C. The van der Waals surface area contributed by atoms with Gasteiger partial charge in [-0.25, -0.2) is 9.07 Å². The maximum Gasteiger partial charge on any atom is 0.309 e. The van der Waals surface area contributed by atoms with Gasteiger partial charge in [-0.3, -0.25) is 4.79 Å². The predicted octanol–water partition coefficient (Wildman–Crippen LogP) is 1.65. The number of carboxylic acid groups (broad SMARTS) is 1. The molecule has 1 aromatic carbocycles. The number of rotatable bonds is 3. The molecule has 0 unspecified atom stereocenters. The fourth-order valence-electron chi connectivity index (χ4n) is 1.72. The zero-order valence-electron chi connectivity index (χ0n) is 10.0. The maximum absolute atomic E-state index is 13.5. The lowest BCUT2D eigenvalue weighted by Crippen LogP contribution is -2.05. The van der Waals surface area contributed by atoms with Gasteiger partial charge in [0.1, 0.15) is 5.82 Å². The van der Waals surface area contributed by atoms with E-state index >= 15 is 0 Å². The number of aliphatic carboxylic acids is 1. The van der Waals surface area contributed by atoms with Crippen molar-refractivity contribution in [3.05, 3.63) is 41.0 Å². The molecule has 94 valence electrons. The Labute approximate surface area is 103 Å². The van der Waals surface area contributed by atoms with Gasteiger partial charge in [-0.1, -0.05) is 11.3 Å². The van der Waals surface area contributed by atoms with Crippen LogP contribution in [0.25, 0.3) is 5.69 Å². The Balaban J connectivity index is 2.49. The topological polar surface area (TPSA) is 68.0 Å². The Kier molecular flexibility index (Phi) is 3.10. The normalized spacial score (nSPS) is 10.6. The van der Waals surface area contributed by atoms with Gasteiger partial charge in [0.15, 0.2) is 0 Å². The van der Waals surface area contributed by atoms with E-state index in [1.165, 1.54) is 10.7 Å². The van der Waals surface area contributed by atoms with Crippen LogP contribution in [0.1, 0.15) is 17.0 Å². The highest BCUT2D eigenvalue weighted by Gasteiger charge is 2.15. The van der Waals surface area contributed by atoms with Crippen molar-refractivity contribution in [3.63, 3.8) is 0 Å². The molecule has 0 aliphatic rings. The zero-order chi connectivity index (χ0) is 13.3. The zero-order valence-corrected chi connectivity index (χ0v) is 10.0. The molecule has 0 aliphatic heterocycles. The lowest BCUT2D eigenvalue weighted by Gasteiger charge is -2.07. The molecule has 0 amide bonds. The van der Waals surface area contributed by atoms with E-state index in [0.717, 1.165) is 0 Å². The van der Waals surface area contributed by atoms with Crippen LogP contribution in [-0.2, 0) is 11.2 Å². The molecule has 18 heavy (non-hydrogen) atoms. The summed E-state index contributed by atoms with van der Waals surface area (Å²) in [6, 6.07) is 4.66. The quantitative estimate of drug-likeness (QED) is 0.898. The van der Waals surface area contributed by atoms with Crippen LogP contribution in [0.4, 0.5) is 4.39 Å². The molecule has 2 rings (SSSR count). The molecular weight excluding hydrogens is 237 g/mol. The van der Waals surface area contributed by atoms with Crippen molar-refractivity contribution in [2.45, 2.75) is 20.3 Å². The second-order valence-electron chi connectivity index (χ2n) is 3.99. The van der Waals surface area contributed by atoms with Gasteiger partial charge in [0.2, 0.25) is 0 Å². The van der Waals surface area contributed by atoms with Crippen LogP contribution in [0.2, 0.25) is 0 Å². The average Bonchev–Trinajstić information content (AvgIpc) is 2.64. The predicted molar refractivity (Wildman–Crippen MR) is 62.1 cm³/mol. The Morgan fingerprint density at radius 2 is 2.17 bits per heavy atom. The summed E-state index contributed by atoms with van der Waals surface area (Å²) >= 11 is 0. The van der Waals surface area contributed by atoms with Crippen LogP contribution >= 0.6 is 0 Å². The van der Waals surface area contributed by atoms with E-state index in [1.807, 2.05) is 0 Å². The van der Waals surface area contributed by atoms with Gasteiger partial charge in [-0.15, -0.1) is 5.10 Å². The summed E-state index contributed by atoms with van der Waals surface area (Å²) in [5.74, 6) is -1.30. The summed E-state index contributed by atoms with van der Waals surface area (Å²) in [5.41, 5.74) is 2.00. The third-order valence-electron chi connectivity index (χ3n) is 2.78. The maximum atomic E-state index is 13.5. The smallest absolute Gasteiger partial charge is 0.309 e. The van der Waals surface area contributed by atoms with Gasteiger partial charge in [0.05, 0.1) is 23.5 Å². The summed E-state index contributed by atoms with van der Waals surface area (Å²) in [6.07, 6.45) is -0.194. The van der Waals surface area contributed by atoms with Crippen molar-refractivity contribution in [2.24, 2.45) is 0 Å². The Hall–Kier alpha value is -2.24. The standard InChI is InChI=1S/C12H12FN3O2/c1-7-9(13)4-3-5-11(7)16-8(2)10(14-15-16)6-12(17)18/h3-5H,6H2,1-2H3,(H,17,18). The first-order chi connectivity index (χ1) is 8.50. The minimum Gasteiger partial charge on any atom is -0.481 e. The second kappa shape index (κ2) is 4.56. The molecule has 0 aliphatic carbocycles. The summed E-state index contributed by atoms with van der Waals surface area (Å²) in [6.45, 7) is 3.35. The first-order valence-electron chi connectivity index (χ1n) is 5.39. The lowest BCUT2D eigenvalue weighted by atomic mass is 10.2. The second-order valence-corrected chi connectivity index (χ2v) is 3.99. The van der Waals surface area contributed by atoms with Crippen molar-refractivity contribution in [1.82, 2.24) is 15.0 Å². The number of aromatic nitrogens is 3. The van der Waals surface area contributed by atoms with Gasteiger partial charge >= 0.3 is 5.97 Å². The highest BCUT2D eigenvalue weighted by atomic mass is 19.1. The highest BCUT2D eigenvalue weighted by molar-refractivity contribution is 5.69. The number of carboxylic acids is 1.